The summed E-state index contributed by atoms with van der Waals surface area (Å²) in [5.41, 5.74) is 4.02. The van der Waals surface area contributed by atoms with Crippen LogP contribution in [0.2, 0.25) is 0 Å². The quantitative estimate of drug-likeness (QED) is 0.869. The summed E-state index contributed by atoms with van der Waals surface area (Å²) in [7, 11) is 0. The topological polar surface area (TPSA) is 12.0 Å². The first kappa shape index (κ1) is 13.3. The second-order valence-electron chi connectivity index (χ2n) is 5.61. The fourth-order valence-electron chi connectivity index (χ4n) is 3.29. The molecular weight excluding hydrogens is 249 g/mol. The van der Waals surface area contributed by atoms with Crippen molar-refractivity contribution >= 4 is 0 Å². The second-order valence-corrected chi connectivity index (χ2v) is 5.61. The highest BCUT2D eigenvalue weighted by Crippen LogP contribution is 2.38. The summed E-state index contributed by atoms with van der Waals surface area (Å²) in [5.74, 6) is 0.776. The molecule has 0 bridgehead atoms. The minimum atomic E-state index is -0.162. The Morgan fingerprint density at radius 1 is 1.00 bits per heavy atom. The standard InChI is InChI=1S/C18H20FN/c1-13-4-2-3-5-16(13)17-10-11-20-12-18(17)14-6-8-15(19)9-7-14/h2-9,17-18,20H,10-12H2,1H3. The maximum Gasteiger partial charge on any atom is 0.123 e. The van der Waals surface area contributed by atoms with Gasteiger partial charge in [0.05, 0.1) is 0 Å². The zero-order valence-corrected chi connectivity index (χ0v) is 11.8. The number of hydrogen-bond donors (Lipinski definition) is 1. The van der Waals surface area contributed by atoms with E-state index < -0.39 is 0 Å². The molecule has 1 aliphatic heterocycles. The van der Waals surface area contributed by atoms with Crippen LogP contribution < -0.4 is 5.32 Å². The molecule has 0 radical (unpaired) electrons. The van der Waals surface area contributed by atoms with Crippen molar-refractivity contribution in [2.24, 2.45) is 0 Å². The summed E-state index contributed by atoms with van der Waals surface area (Å²) in [5, 5.41) is 3.47. The highest BCUT2D eigenvalue weighted by atomic mass is 19.1. The van der Waals surface area contributed by atoms with Crippen molar-refractivity contribution in [3.63, 3.8) is 0 Å². The van der Waals surface area contributed by atoms with Crippen LogP contribution in [0.5, 0.6) is 0 Å². The van der Waals surface area contributed by atoms with Gasteiger partial charge in [-0.05, 0) is 54.6 Å². The number of benzene rings is 2. The highest BCUT2D eigenvalue weighted by molar-refractivity contribution is 5.35. The van der Waals surface area contributed by atoms with Crippen molar-refractivity contribution in [3.8, 4) is 0 Å². The Labute approximate surface area is 119 Å². The molecule has 104 valence electrons. The molecule has 20 heavy (non-hydrogen) atoms. The van der Waals surface area contributed by atoms with E-state index in [0.717, 1.165) is 19.5 Å². The number of nitrogens with one attached hydrogen (secondary N) is 1. The number of aryl methyl sites for hydroxylation is 1. The van der Waals surface area contributed by atoms with E-state index in [1.807, 2.05) is 12.1 Å². The molecule has 2 aromatic rings. The first-order chi connectivity index (χ1) is 9.75. The van der Waals surface area contributed by atoms with Crippen LogP contribution in [-0.4, -0.2) is 13.1 Å². The van der Waals surface area contributed by atoms with Crippen molar-refractivity contribution < 1.29 is 4.39 Å². The molecule has 0 spiro atoms. The van der Waals surface area contributed by atoms with Crippen LogP contribution >= 0.6 is 0 Å². The maximum absolute atomic E-state index is 13.1. The number of halogens is 1. The summed E-state index contributed by atoms with van der Waals surface area (Å²) in [4.78, 5) is 0. The van der Waals surface area contributed by atoms with Crippen LogP contribution in [0, 0.1) is 12.7 Å². The van der Waals surface area contributed by atoms with Crippen LogP contribution in [0.3, 0.4) is 0 Å². The van der Waals surface area contributed by atoms with Crippen molar-refractivity contribution in [2.75, 3.05) is 13.1 Å². The predicted molar refractivity (Wildman–Crippen MR) is 80.5 cm³/mol. The van der Waals surface area contributed by atoms with Gasteiger partial charge in [-0.3, -0.25) is 0 Å². The zero-order valence-electron chi connectivity index (χ0n) is 11.8. The third-order valence-corrected chi connectivity index (χ3v) is 4.37. The van der Waals surface area contributed by atoms with E-state index in [9.17, 15) is 4.39 Å². The lowest BCUT2D eigenvalue weighted by Gasteiger charge is -2.34. The molecule has 1 nitrogen and oxygen atoms in total. The Morgan fingerprint density at radius 2 is 1.75 bits per heavy atom. The first-order valence-electron chi connectivity index (χ1n) is 7.27. The van der Waals surface area contributed by atoms with Gasteiger partial charge in [0.25, 0.3) is 0 Å². The fraction of sp³-hybridized carbons (Fsp3) is 0.333. The SMILES string of the molecule is Cc1ccccc1C1CCNCC1c1ccc(F)cc1. The van der Waals surface area contributed by atoms with Crippen molar-refractivity contribution in [3.05, 3.63) is 71.0 Å². The fourth-order valence-corrected chi connectivity index (χ4v) is 3.29. The molecule has 1 fully saturated rings. The molecule has 0 amide bonds. The van der Waals surface area contributed by atoms with E-state index in [2.05, 4.69) is 36.5 Å². The van der Waals surface area contributed by atoms with Gasteiger partial charge in [0, 0.05) is 12.5 Å². The summed E-state index contributed by atoms with van der Waals surface area (Å²) in [6.45, 7) is 4.19. The molecule has 3 rings (SSSR count). The monoisotopic (exact) mass is 269 g/mol. The average molecular weight is 269 g/mol. The third-order valence-electron chi connectivity index (χ3n) is 4.37. The zero-order chi connectivity index (χ0) is 13.9. The van der Waals surface area contributed by atoms with E-state index in [4.69, 9.17) is 0 Å². The van der Waals surface area contributed by atoms with Crippen LogP contribution in [0.1, 0.15) is 34.9 Å². The first-order valence-corrected chi connectivity index (χ1v) is 7.27. The van der Waals surface area contributed by atoms with Crippen molar-refractivity contribution in [1.29, 1.82) is 0 Å². The Bertz CT molecular complexity index is 576. The predicted octanol–water partition coefficient (Wildman–Crippen LogP) is 3.99. The molecule has 0 aliphatic carbocycles. The average Bonchev–Trinajstić information content (AvgIpc) is 2.49. The van der Waals surface area contributed by atoms with Gasteiger partial charge in [-0.15, -0.1) is 0 Å². The summed E-state index contributed by atoms with van der Waals surface area (Å²) >= 11 is 0. The molecular formula is C18H20FN. The van der Waals surface area contributed by atoms with Crippen LogP contribution in [0.25, 0.3) is 0 Å². The Morgan fingerprint density at radius 3 is 2.50 bits per heavy atom. The minimum Gasteiger partial charge on any atom is -0.316 e. The molecule has 1 heterocycles. The lowest BCUT2D eigenvalue weighted by Crippen LogP contribution is -2.34. The van der Waals surface area contributed by atoms with Gasteiger partial charge in [-0.25, -0.2) is 4.39 Å². The Kier molecular flexibility index (Phi) is 3.83. The normalized spacial score (nSPS) is 22.7. The molecule has 2 unspecified atom stereocenters. The van der Waals surface area contributed by atoms with Crippen LogP contribution in [0.15, 0.2) is 48.5 Å². The Balaban J connectivity index is 1.95. The summed E-state index contributed by atoms with van der Waals surface area (Å²) in [6, 6.07) is 15.6. The molecule has 2 heteroatoms. The lowest BCUT2D eigenvalue weighted by molar-refractivity contribution is 0.403. The number of piperidine rings is 1. The van der Waals surface area contributed by atoms with Gasteiger partial charge in [0.1, 0.15) is 5.82 Å². The Hall–Kier alpha value is -1.67. The molecule has 0 aromatic heterocycles. The summed E-state index contributed by atoms with van der Waals surface area (Å²) in [6.07, 6.45) is 1.13. The molecule has 0 saturated carbocycles. The van der Waals surface area contributed by atoms with Gasteiger partial charge in [0.2, 0.25) is 0 Å². The molecule has 2 atom stereocenters. The van der Waals surface area contributed by atoms with Gasteiger partial charge < -0.3 is 5.32 Å². The van der Waals surface area contributed by atoms with Crippen LogP contribution in [-0.2, 0) is 0 Å². The van der Waals surface area contributed by atoms with Gasteiger partial charge in [0.15, 0.2) is 0 Å². The molecule has 1 N–H and O–H groups in total. The smallest absolute Gasteiger partial charge is 0.123 e. The minimum absolute atomic E-state index is 0.162. The molecule has 2 aromatic carbocycles. The van der Waals surface area contributed by atoms with E-state index in [1.165, 1.54) is 16.7 Å². The van der Waals surface area contributed by atoms with Crippen molar-refractivity contribution in [1.82, 2.24) is 5.32 Å². The third kappa shape index (κ3) is 2.61. The second kappa shape index (κ2) is 5.76. The number of hydrogen-bond acceptors (Lipinski definition) is 1. The molecule has 1 aliphatic rings. The van der Waals surface area contributed by atoms with Gasteiger partial charge >= 0.3 is 0 Å². The lowest BCUT2D eigenvalue weighted by atomic mass is 9.76. The van der Waals surface area contributed by atoms with E-state index >= 15 is 0 Å². The molecule has 1 saturated heterocycles. The van der Waals surface area contributed by atoms with Gasteiger partial charge in [-0.1, -0.05) is 36.4 Å². The summed E-state index contributed by atoms with van der Waals surface area (Å²) < 4.78 is 13.1. The number of rotatable bonds is 2. The van der Waals surface area contributed by atoms with Crippen molar-refractivity contribution in [2.45, 2.75) is 25.2 Å². The van der Waals surface area contributed by atoms with E-state index in [-0.39, 0.29) is 5.82 Å². The van der Waals surface area contributed by atoms with Crippen LogP contribution in [0.4, 0.5) is 4.39 Å². The highest BCUT2D eigenvalue weighted by Gasteiger charge is 2.28. The van der Waals surface area contributed by atoms with E-state index in [1.54, 1.807) is 12.1 Å². The largest absolute Gasteiger partial charge is 0.316 e. The van der Waals surface area contributed by atoms with E-state index in [0.29, 0.717) is 11.8 Å². The van der Waals surface area contributed by atoms with Gasteiger partial charge in [-0.2, -0.15) is 0 Å². The maximum atomic E-state index is 13.1.